The zero-order chi connectivity index (χ0) is 19.6. The standard InChI is InChI=1S/C19H21F3N3S2/c1-4-7-26-27-11-17-13(3)8-12(2)10-25(17)18-23-15-6-5-14(19(20,21)22)9-16(15)24-18/h5-6,8-10H,4,7,11H2,1-3H3,(H,23,24)/q+1. The number of rotatable bonds is 6. The molecule has 3 rings (SSSR count). The van der Waals surface area contributed by atoms with Crippen LogP contribution in [0.1, 0.15) is 35.7 Å². The molecule has 1 aromatic carbocycles. The highest BCUT2D eigenvalue weighted by Crippen LogP contribution is 2.31. The van der Waals surface area contributed by atoms with Crippen molar-refractivity contribution < 1.29 is 17.7 Å². The first kappa shape index (κ1) is 20.1. The Morgan fingerprint density at radius 1 is 1.15 bits per heavy atom. The smallest absolute Gasteiger partial charge is 0.238 e. The van der Waals surface area contributed by atoms with Crippen molar-refractivity contribution in [2.75, 3.05) is 5.75 Å². The lowest BCUT2D eigenvalue weighted by Crippen LogP contribution is -2.38. The number of imidazole rings is 1. The molecule has 2 heterocycles. The number of aryl methyl sites for hydroxylation is 2. The minimum absolute atomic E-state index is 0.380. The van der Waals surface area contributed by atoms with E-state index in [2.05, 4.69) is 23.0 Å². The molecular weight excluding hydrogens is 391 g/mol. The molecule has 3 nitrogen and oxygen atoms in total. The molecule has 0 saturated heterocycles. The second kappa shape index (κ2) is 8.14. The fourth-order valence-corrected chi connectivity index (χ4v) is 5.12. The molecule has 144 valence electrons. The number of aromatic amines is 1. The quantitative estimate of drug-likeness (QED) is 0.317. The van der Waals surface area contributed by atoms with Crippen molar-refractivity contribution >= 4 is 32.6 Å². The SMILES string of the molecule is CCCSSCc1c(C)cc(C)c[n+]1-c1nc2ccc(C(F)(F)F)cc2[nH]1. The van der Waals surface area contributed by atoms with Gasteiger partial charge in [0, 0.05) is 5.75 Å². The van der Waals surface area contributed by atoms with Crippen LogP contribution in [0.2, 0.25) is 0 Å². The molecule has 0 spiro atoms. The third kappa shape index (κ3) is 4.60. The summed E-state index contributed by atoms with van der Waals surface area (Å²) < 4.78 is 40.9. The van der Waals surface area contributed by atoms with E-state index in [0.29, 0.717) is 17.0 Å². The molecule has 0 bridgehead atoms. The number of nitrogens with one attached hydrogen (secondary N) is 1. The zero-order valence-corrected chi connectivity index (χ0v) is 17.0. The predicted molar refractivity (Wildman–Crippen MR) is 106 cm³/mol. The molecule has 0 fully saturated rings. The van der Waals surface area contributed by atoms with Crippen molar-refractivity contribution in [1.29, 1.82) is 0 Å². The summed E-state index contributed by atoms with van der Waals surface area (Å²) in [5.74, 6) is 2.41. The fraction of sp³-hybridized carbons (Fsp3) is 0.368. The van der Waals surface area contributed by atoms with Crippen molar-refractivity contribution in [1.82, 2.24) is 9.97 Å². The number of pyridine rings is 1. The average molecular weight is 413 g/mol. The number of halogens is 3. The third-order valence-corrected chi connectivity index (χ3v) is 6.60. The van der Waals surface area contributed by atoms with Gasteiger partial charge >= 0.3 is 12.1 Å². The Labute approximate surface area is 164 Å². The summed E-state index contributed by atoms with van der Waals surface area (Å²) in [6, 6.07) is 5.70. The maximum atomic E-state index is 13.0. The van der Waals surface area contributed by atoms with Crippen LogP contribution in [-0.2, 0) is 11.9 Å². The Balaban J connectivity index is 2.02. The predicted octanol–water partition coefficient (Wildman–Crippen LogP) is 5.77. The lowest BCUT2D eigenvalue weighted by molar-refractivity contribution is -0.611. The highest BCUT2D eigenvalue weighted by molar-refractivity contribution is 8.76. The Kier molecular flexibility index (Phi) is 6.05. The Morgan fingerprint density at radius 2 is 1.93 bits per heavy atom. The van der Waals surface area contributed by atoms with E-state index >= 15 is 0 Å². The summed E-state index contributed by atoms with van der Waals surface area (Å²) in [5.41, 5.74) is 3.51. The molecule has 8 heteroatoms. The number of benzene rings is 1. The maximum absolute atomic E-state index is 13.0. The van der Waals surface area contributed by atoms with Crippen molar-refractivity contribution in [3.8, 4) is 5.95 Å². The molecule has 0 atom stereocenters. The third-order valence-electron chi connectivity index (χ3n) is 4.11. The molecule has 0 aliphatic heterocycles. The van der Waals surface area contributed by atoms with E-state index in [0.717, 1.165) is 46.9 Å². The highest BCUT2D eigenvalue weighted by atomic mass is 33.1. The minimum Gasteiger partial charge on any atom is -0.238 e. The average Bonchev–Trinajstić information content (AvgIpc) is 3.02. The second-order valence-electron chi connectivity index (χ2n) is 6.39. The first-order valence-corrected chi connectivity index (χ1v) is 11.1. The molecule has 3 aromatic rings. The molecular formula is C19H21F3N3S2+. The number of nitrogens with zero attached hydrogens (tertiary/aromatic N) is 2. The van der Waals surface area contributed by atoms with Crippen molar-refractivity contribution in [3.63, 3.8) is 0 Å². The van der Waals surface area contributed by atoms with Crippen molar-refractivity contribution in [2.24, 2.45) is 0 Å². The first-order chi connectivity index (χ1) is 12.8. The number of alkyl halides is 3. The van der Waals surface area contributed by atoms with Crippen LogP contribution in [0.3, 0.4) is 0 Å². The van der Waals surface area contributed by atoms with Crippen LogP contribution in [0.4, 0.5) is 13.2 Å². The number of hydrogen-bond donors (Lipinski definition) is 1. The highest BCUT2D eigenvalue weighted by Gasteiger charge is 2.31. The van der Waals surface area contributed by atoms with Gasteiger partial charge in [0.05, 0.1) is 23.2 Å². The number of aromatic nitrogens is 3. The van der Waals surface area contributed by atoms with Crippen LogP contribution in [0, 0.1) is 13.8 Å². The summed E-state index contributed by atoms with van der Waals surface area (Å²) in [4.78, 5) is 7.57. The molecule has 1 N–H and O–H groups in total. The van der Waals surface area contributed by atoms with Crippen LogP contribution >= 0.6 is 21.6 Å². The Morgan fingerprint density at radius 3 is 2.63 bits per heavy atom. The van der Waals surface area contributed by atoms with Gasteiger partial charge in [-0.15, -0.1) is 0 Å². The minimum atomic E-state index is -4.37. The lowest BCUT2D eigenvalue weighted by atomic mass is 10.2. The van der Waals surface area contributed by atoms with Crippen molar-refractivity contribution in [3.05, 3.63) is 52.8 Å². The fourth-order valence-electron chi connectivity index (χ4n) is 2.83. The zero-order valence-electron chi connectivity index (χ0n) is 15.4. The lowest BCUT2D eigenvalue weighted by Gasteiger charge is -2.10. The van der Waals surface area contributed by atoms with Gasteiger partial charge in [0.15, 0.2) is 5.52 Å². The van der Waals surface area contributed by atoms with Crippen molar-refractivity contribution in [2.45, 2.75) is 39.1 Å². The van der Waals surface area contributed by atoms with Crippen LogP contribution in [0.15, 0.2) is 30.5 Å². The summed E-state index contributed by atoms with van der Waals surface area (Å²) in [6.07, 6.45) is -1.28. The molecule has 0 aliphatic carbocycles. The van der Waals surface area contributed by atoms with E-state index in [-0.39, 0.29) is 0 Å². The summed E-state index contributed by atoms with van der Waals surface area (Å²) in [5, 5.41) is 0. The van der Waals surface area contributed by atoms with Gasteiger partial charge in [0.2, 0.25) is 0 Å². The molecule has 0 radical (unpaired) electrons. The van der Waals surface area contributed by atoms with Gasteiger partial charge in [-0.05, 0) is 49.6 Å². The summed E-state index contributed by atoms with van der Waals surface area (Å²) in [6.45, 7) is 6.19. The number of H-pyrrole nitrogens is 1. The van der Waals surface area contributed by atoms with Crippen LogP contribution in [0.25, 0.3) is 17.0 Å². The van der Waals surface area contributed by atoms with Gasteiger partial charge in [0.1, 0.15) is 5.52 Å². The van der Waals surface area contributed by atoms with Gasteiger partial charge in [-0.3, -0.25) is 0 Å². The monoisotopic (exact) mass is 412 g/mol. The van der Waals surface area contributed by atoms with E-state index < -0.39 is 11.7 Å². The van der Waals surface area contributed by atoms with Crippen LogP contribution < -0.4 is 4.57 Å². The van der Waals surface area contributed by atoms with E-state index in [1.54, 1.807) is 10.8 Å². The molecule has 2 aromatic heterocycles. The first-order valence-electron chi connectivity index (χ1n) is 8.63. The number of hydrogen-bond acceptors (Lipinski definition) is 3. The molecule has 0 aliphatic rings. The second-order valence-corrected chi connectivity index (χ2v) is 8.97. The molecule has 0 amide bonds. The van der Waals surface area contributed by atoms with E-state index in [1.807, 2.05) is 35.4 Å². The normalized spacial score (nSPS) is 12.1. The van der Waals surface area contributed by atoms with E-state index in [9.17, 15) is 13.2 Å². The maximum Gasteiger partial charge on any atom is 0.416 e. The van der Waals surface area contributed by atoms with Crippen LogP contribution in [0.5, 0.6) is 0 Å². The summed E-state index contributed by atoms with van der Waals surface area (Å²) in [7, 11) is 3.60. The van der Waals surface area contributed by atoms with Crippen LogP contribution in [-0.4, -0.2) is 15.7 Å². The molecule has 27 heavy (non-hydrogen) atoms. The number of fused-ring (bicyclic) bond motifs is 1. The van der Waals surface area contributed by atoms with Gasteiger partial charge in [-0.1, -0.05) is 39.6 Å². The molecule has 0 saturated carbocycles. The van der Waals surface area contributed by atoms with E-state index in [4.69, 9.17) is 0 Å². The van der Waals surface area contributed by atoms with Gasteiger partial charge < -0.3 is 0 Å². The van der Waals surface area contributed by atoms with Gasteiger partial charge in [0.25, 0.3) is 0 Å². The summed E-state index contributed by atoms with van der Waals surface area (Å²) >= 11 is 0. The Hall–Kier alpha value is -1.67. The van der Waals surface area contributed by atoms with E-state index in [1.165, 1.54) is 6.07 Å². The van der Waals surface area contributed by atoms with Gasteiger partial charge in [-0.25, -0.2) is 9.55 Å². The largest absolute Gasteiger partial charge is 0.416 e. The Bertz CT molecular complexity index is 951. The molecule has 0 unspecified atom stereocenters. The topological polar surface area (TPSA) is 32.6 Å². The van der Waals surface area contributed by atoms with Gasteiger partial charge in [-0.2, -0.15) is 13.2 Å².